The van der Waals surface area contributed by atoms with Crippen LogP contribution in [0.4, 0.5) is 5.69 Å². The zero-order chi connectivity index (χ0) is 19.3. The van der Waals surface area contributed by atoms with Gasteiger partial charge in [0.15, 0.2) is 0 Å². The van der Waals surface area contributed by atoms with Crippen molar-refractivity contribution in [1.29, 1.82) is 0 Å². The summed E-state index contributed by atoms with van der Waals surface area (Å²) in [5, 5.41) is 3.01. The average Bonchev–Trinajstić information content (AvgIpc) is 3.17. The van der Waals surface area contributed by atoms with E-state index in [1.165, 1.54) is 23.3 Å². The van der Waals surface area contributed by atoms with Crippen molar-refractivity contribution < 1.29 is 9.53 Å². The second kappa shape index (κ2) is 8.61. The van der Waals surface area contributed by atoms with Gasteiger partial charge < -0.3 is 10.1 Å². The summed E-state index contributed by atoms with van der Waals surface area (Å²) in [5.41, 5.74) is 3.29. The molecule has 4 heteroatoms. The van der Waals surface area contributed by atoms with Gasteiger partial charge in [0.05, 0.1) is 4.88 Å². The third-order valence-electron chi connectivity index (χ3n) is 5.35. The zero-order valence-electron chi connectivity index (χ0n) is 16.1. The fourth-order valence-corrected chi connectivity index (χ4v) is 4.73. The smallest absolute Gasteiger partial charge is 0.265 e. The first kappa shape index (κ1) is 18.8. The molecule has 1 aliphatic rings. The second-order valence-corrected chi connectivity index (χ2v) is 8.47. The van der Waals surface area contributed by atoms with Gasteiger partial charge in [-0.15, -0.1) is 11.3 Å². The van der Waals surface area contributed by atoms with E-state index >= 15 is 0 Å². The van der Waals surface area contributed by atoms with Gasteiger partial charge in [-0.2, -0.15) is 0 Å². The van der Waals surface area contributed by atoms with Crippen molar-refractivity contribution in [2.45, 2.75) is 39.2 Å². The second-order valence-electron chi connectivity index (χ2n) is 7.33. The lowest BCUT2D eigenvalue weighted by Gasteiger charge is -2.19. The SMILES string of the molecule is CCC1CCc2sc(C(=O)Nc3ccc(OCc4ccccc4)cc3)cc2C1. The van der Waals surface area contributed by atoms with Crippen LogP contribution < -0.4 is 10.1 Å². The van der Waals surface area contributed by atoms with Crippen molar-refractivity contribution in [1.82, 2.24) is 0 Å². The molecule has 1 unspecified atom stereocenters. The molecule has 28 heavy (non-hydrogen) atoms. The molecule has 0 saturated carbocycles. The highest BCUT2D eigenvalue weighted by Crippen LogP contribution is 2.33. The maximum atomic E-state index is 12.6. The molecule has 0 saturated heterocycles. The summed E-state index contributed by atoms with van der Waals surface area (Å²) in [6, 6.07) is 19.7. The number of aryl methyl sites for hydroxylation is 1. The molecule has 0 fully saturated rings. The molecule has 0 aliphatic heterocycles. The van der Waals surface area contributed by atoms with Crippen molar-refractivity contribution in [2.24, 2.45) is 5.92 Å². The molecule has 0 spiro atoms. The maximum Gasteiger partial charge on any atom is 0.265 e. The third kappa shape index (κ3) is 4.45. The minimum Gasteiger partial charge on any atom is -0.489 e. The highest BCUT2D eigenvalue weighted by atomic mass is 32.1. The van der Waals surface area contributed by atoms with Crippen LogP contribution in [0.2, 0.25) is 0 Å². The molecule has 3 nitrogen and oxygen atoms in total. The van der Waals surface area contributed by atoms with E-state index in [2.05, 4.69) is 18.3 Å². The van der Waals surface area contributed by atoms with Crippen molar-refractivity contribution in [3.05, 3.63) is 81.5 Å². The first-order chi connectivity index (χ1) is 13.7. The fourth-order valence-electron chi connectivity index (χ4n) is 3.63. The largest absolute Gasteiger partial charge is 0.489 e. The van der Waals surface area contributed by atoms with Crippen LogP contribution in [0.1, 0.15) is 45.4 Å². The molecular weight excluding hydrogens is 366 g/mol. The Bertz CT molecular complexity index is 931. The van der Waals surface area contributed by atoms with Crippen LogP contribution in [0.25, 0.3) is 0 Å². The molecule has 1 heterocycles. The summed E-state index contributed by atoms with van der Waals surface area (Å²) in [7, 11) is 0. The van der Waals surface area contributed by atoms with Gasteiger partial charge in [0.25, 0.3) is 5.91 Å². The molecule has 1 aliphatic carbocycles. The van der Waals surface area contributed by atoms with Crippen LogP contribution in [0, 0.1) is 5.92 Å². The molecule has 4 rings (SSSR count). The number of ether oxygens (including phenoxy) is 1. The highest BCUT2D eigenvalue weighted by Gasteiger charge is 2.22. The Kier molecular flexibility index (Phi) is 5.77. The normalized spacial score (nSPS) is 15.7. The van der Waals surface area contributed by atoms with Crippen LogP contribution in [-0.4, -0.2) is 5.91 Å². The van der Waals surface area contributed by atoms with Crippen molar-refractivity contribution in [2.75, 3.05) is 5.32 Å². The van der Waals surface area contributed by atoms with Crippen LogP contribution in [0.3, 0.4) is 0 Å². The van der Waals surface area contributed by atoms with E-state index in [1.807, 2.05) is 54.6 Å². The topological polar surface area (TPSA) is 38.3 Å². The van der Waals surface area contributed by atoms with E-state index in [9.17, 15) is 4.79 Å². The molecular formula is C24H25NO2S. The number of hydrogen-bond acceptors (Lipinski definition) is 3. The lowest BCUT2D eigenvalue weighted by Crippen LogP contribution is -2.11. The number of amides is 1. The summed E-state index contributed by atoms with van der Waals surface area (Å²) in [5.74, 6) is 1.53. The van der Waals surface area contributed by atoms with Crippen molar-refractivity contribution in [3.63, 3.8) is 0 Å². The third-order valence-corrected chi connectivity index (χ3v) is 6.58. The minimum atomic E-state index is -0.0228. The molecule has 0 bridgehead atoms. The molecule has 3 aromatic rings. The fraction of sp³-hybridized carbons (Fsp3) is 0.292. The standard InChI is InChI=1S/C24H25NO2S/c1-2-17-8-13-22-19(14-17)15-23(28-22)24(26)25-20-9-11-21(12-10-20)27-16-18-6-4-3-5-7-18/h3-7,9-12,15,17H,2,8,13-14,16H2,1H3,(H,25,26). The Morgan fingerprint density at radius 1 is 1.14 bits per heavy atom. The number of hydrogen-bond donors (Lipinski definition) is 1. The summed E-state index contributed by atoms with van der Waals surface area (Å²) in [6.07, 6.45) is 4.69. The summed E-state index contributed by atoms with van der Waals surface area (Å²) in [4.78, 5) is 14.8. The van der Waals surface area contributed by atoms with E-state index in [1.54, 1.807) is 11.3 Å². The van der Waals surface area contributed by atoms with Crippen molar-refractivity contribution in [3.8, 4) is 5.75 Å². The average molecular weight is 392 g/mol. The van der Waals surface area contributed by atoms with Crippen LogP contribution in [0.15, 0.2) is 60.7 Å². The van der Waals surface area contributed by atoms with Crippen LogP contribution in [0.5, 0.6) is 5.75 Å². The first-order valence-electron chi connectivity index (χ1n) is 9.91. The van der Waals surface area contributed by atoms with E-state index < -0.39 is 0 Å². The summed E-state index contributed by atoms with van der Waals surface area (Å²) in [6.45, 7) is 2.79. The molecule has 0 radical (unpaired) electrons. The first-order valence-corrected chi connectivity index (χ1v) is 10.7. The van der Waals surface area contributed by atoms with Crippen LogP contribution >= 0.6 is 11.3 Å². The predicted molar refractivity (Wildman–Crippen MR) is 115 cm³/mol. The Hall–Kier alpha value is -2.59. The number of carbonyl (C=O) groups excluding carboxylic acids is 1. The predicted octanol–water partition coefficient (Wildman–Crippen LogP) is 6.09. The molecule has 1 aromatic heterocycles. The summed E-state index contributed by atoms with van der Waals surface area (Å²) >= 11 is 1.65. The molecule has 1 amide bonds. The number of nitrogens with one attached hydrogen (secondary N) is 1. The molecule has 144 valence electrons. The van der Waals surface area contributed by atoms with Crippen LogP contribution in [-0.2, 0) is 19.4 Å². The molecule has 1 N–H and O–H groups in total. The number of benzene rings is 2. The minimum absolute atomic E-state index is 0.0228. The van der Waals surface area contributed by atoms with E-state index in [0.29, 0.717) is 6.61 Å². The van der Waals surface area contributed by atoms with E-state index in [0.717, 1.165) is 40.6 Å². The Morgan fingerprint density at radius 2 is 1.93 bits per heavy atom. The number of fused-ring (bicyclic) bond motifs is 1. The number of rotatable bonds is 6. The van der Waals surface area contributed by atoms with Gasteiger partial charge in [0.1, 0.15) is 12.4 Å². The van der Waals surface area contributed by atoms with Gasteiger partial charge in [-0.05, 0) is 66.6 Å². The van der Waals surface area contributed by atoms with Gasteiger partial charge in [0, 0.05) is 10.6 Å². The number of thiophene rings is 1. The molecule has 1 atom stereocenters. The Labute approximate surface area is 170 Å². The summed E-state index contributed by atoms with van der Waals surface area (Å²) < 4.78 is 5.80. The number of anilines is 1. The lowest BCUT2D eigenvalue weighted by molar-refractivity contribution is 0.103. The Balaban J connectivity index is 1.35. The quantitative estimate of drug-likeness (QED) is 0.552. The lowest BCUT2D eigenvalue weighted by atomic mass is 9.87. The number of carbonyl (C=O) groups is 1. The molecule has 2 aromatic carbocycles. The monoisotopic (exact) mass is 391 g/mol. The van der Waals surface area contributed by atoms with E-state index in [4.69, 9.17) is 4.74 Å². The zero-order valence-corrected chi connectivity index (χ0v) is 16.9. The van der Waals surface area contributed by atoms with Crippen molar-refractivity contribution >= 4 is 22.9 Å². The van der Waals surface area contributed by atoms with Gasteiger partial charge in [0.2, 0.25) is 0 Å². The van der Waals surface area contributed by atoms with Gasteiger partial charge in [-0.3, -0.25) is 4.79 Å². The van der Waals surface area contributed by atoms with Gasteiger partial charge >= 0.3 is 0 Å². The highest BCUT2D eigenvalue weighted by molar-refractivity contribution is 7.14. The maximum absolute atomic E-state index is 12.6. The van der Waals surface area contributed by atoms with Gasteiger partial charge in [-0.1, -0.05) is 43.7 Å². The Morgan fingerprint density at radius 3 is 2.68 bits per heavy atom. The van der Waals surface area contributed by atoms with E-state index in [-0.39, 0.29) is 5.91 Å². The van der Waals surface area contributed by atoms with Gasteiger partial charge in [-0.25, -0.2) is 0 Å².